The summed E-state index contributed by atoms with van der Waals surface area (Å²) in [6.07, 6.45) is 16.6. The van der Waals surface area contributed by atoms with Gasteiger partial charge in [0.25, 0.3) is 0 Å². The molecule has 0 aromatic heterocycles. The quantitative estimate of drug-likeness (QED) is 0.0541. The van der Waals surface area contributed by atoms with Crippen LogP contribution in [0.25, 0.3) is 0 Å². The normalized spacial score (nSPS) is 12.0. The Labute approximate surface area is 219 Å². The first-order valence-electron chi connectivity index (χ1n) is 13.9. The predicted molar refractivity (Wildman–Crippen MR) is 158 cm³/mol. The van der Waals surface area contributed by atoms with Gasteiger partial charge in [-0.1, -0.05) is 36.4 Å². The number of nitrogens with zero attached hydrogens (tertiary/aromatic N) is 2. The summed E-state index contributed by atoms with van der Waals surface area (Å²) in [6, 6.07) is 20.6. The Kier molecular flexibility index (Phi) is 15.6. The summed E-state index contributed by atoms with van der Waals surface area (Å²) in [5, 5.41) is 6.76. The topological polar surface area (TPSA) is 24.8 Å². The van der Waals surface area contributed by atoms with E-state index in [2.05, 4.69) is 51.1 Å². The van der Waals surface area contributed by atoms with Crippen LogP contribution in [0, 0.1) is 0 Å². The molecule has 0 aliphatic heterocycles. The van der Waals surface area contributed by atoms with Crippen molar-refractivity contribution in [3.63, 3.8) is 0 Å². The van der Waals surface area contributed by atoms with Gasteiger partial charge in [-0.05, 0) is 0 Å². The fourth-order valence-corrected chi connectivity index (χ4v) is 19.6. The molecule has 0 unspecified atom stereocenters. The molecule has 4 heteroatoms. The Bertz CT molecular complexity index is 761. The molecule has 35 heavy (non-hydrogen) atoms. The van der Waals surface area contributed by atoms with Crippen LogP contribution in [-0.4, -0.2) is 31.2 Å². The predicted octanol–water partition coefficient (Wildman–Crippen LogP) is 9.97. The SMILES string of the molecule is CCC[CH2][Sn]([CH2]/C=C\OCCC/C=N/N(c1ccccc1)c1ccccc1)([CH2]CCC)[CH2]CCC. The number of allylic oxidation sites excluding steroid dienone is 1. The van der Waals surface area contributed by atoms with Crippen molar-refractivity contribution in [2.45, 2.75) is 89.9 Å². The third-order valence-electron chi connectivity index (χ3n) is 6.72. The number of ether oxygens (including phenoxy) is 1. The Hall–Kier alpha value is -1.75. The van der Waals surface area contributed by atoms with Gasteiger partial charge in [-0.3, -0.25) is 0 Å². The number of rotatable bonds is 19. The fraction of sp³-hybridized carbons (Fsp3) is 0.516. The van der Waals surface area contributed by atoms with E-state index in [4.69, 9.17) is 9.84 Å². The molecule has 0 saturated carbocycles. The molecule has 0 heterocycles. The van der Waals surface area contributed by atoms with Gasteiger partial charge >= 0.3 is 184 Å². The summed E-state index contributed by atoms with van der Waals surface area (Å²) < 4.78 is 11.9. The molecule has 2 aromatic rings. The molecule has 0 saturated heterocycles. The molecule has 2 aromatic carbocycles. The molecule has 0 bridgehead atoms. The van der Waals surface area contributed by atoms with E-state index in [0.29, 0.717) is 0 Å². The monoisotopic (exact) mass is 584 g/mol. The van der Waals surface area contributed by atoms with Gasteiger partial charge in [-0.15, -0.1) is 0 Å². The minimum atomic E-state index is -2.07. The number of anilines is 2. The summed E-state index contributed by atoms with van der Waals surface area (Å²) in [5.74, 6) is 0. The Morgan fingerprint density at radius 2 is 1.26 bits per heavy atom. The molecule has 0 fully saturated rings. The maximum atomic E-state index is 5.90. The van der Waals surface area contributed by atoms with Crippen molar-refractivity contribution in [2.75, 3.05) is 11.6 Å². The van der Waals surface area contributed by atoms with E-state index in [1.54, 1.807) is 13.3 Å². The van der Waals surface area contributed by atoms with E-state index in [9.17, 15) is 0 Å². The van der Waals surface area contributed by atoms with E-state index < -0.39 is 18.4 Å². The zero-order valence-corrected chi connectivity index (χ0v) is 25.4. The van der Waals surface area contributed by atoms with Crippen molar-refractivity contribution >= 4 is 36.0 Å². The number of hydrazone groups is 1. The second kappa shape index (κ2) is 18.5. The molecule has 2 rings (SSSR count). The van der Waals surface area contributed by atoms with Gasteiger partial charge in [0.2, 0.25) is 0 Å². The summed E-state index contributed by atoms with van der Waals surface area (Å²) in [6.45, 7) is 7.78. The van der Waals surface area contributed by atoms with Gasteiger partial charge in [0.15, 0.2) is 0 Å². The molecule has 0 atom stereocenters. The number of benzene rings is 2. The van der Waals surface area contributed by atoms with Crippen LogP contribution < -0.4 is 5.01 Å². The average Bonchev–Trinajstić information content (AvgIpc) is 2.91. The van der Waals surface area contributed by atoms with Gasteiger partial charge in [0.05, 0.1) is 0 Å². The second-order valence-electron chi connectivity index (χ2n) is 9.68. The first-order chi connectivity index (χ1) is 17.2. The molecule has 0 aliphatic rings. The number of para-hydroxylation sites is 2. The van der Waals surface area contributed by atoms with Gasteiger partial charge in [0.1, 0.15) is 0 Å². The van der Waals surface area contributed by atoms with Crippen molar-refractivity contribution in [1.82, 2.24) is 0 Å². The molecular weight excluding hydrogens is 535 g/mol. The van der Waals surface area contributed by atoms with Crippen LogP contribution in [0.15, 0.2) is 78.1 Å². The number of hydrogen-bond donors (Lipinski definition) is 0. The molecule has 0 N–H and O–H groups in total. The first-order valence-corrected chi connectivity index (χ1v) is 22.0. The zero-order chi connectivity index (χ0) is 25.0. The number of unbranched alkanes of at least 4 members (excludes halogenated alkanes) is 4. The van der Waals surface area contributed by atoms with E-state index in [1.165, 1.54) is 43.0 Å². The summed E-state index contributed by atoms with van der Waals surface area (Å²) >= 11 is -2.07. The molecule has 0 radical (unpaired) electrons. The Morgan fingerprint density at radius 3 is 1.74 bits per heavy atom. The van der Waals surface area contributed by atoms with E-state index in [1.807, 2.05) is 53.9 Å². The van der Waals surface area contributed by atoms with Crippen molar-refractivity contribution in [3.05, 3.63) is 73.0 Å². The van der Waals surface area contributed by atoms with Crippen LogP contribution in [0.5, 0.6) is 0 Å². The molecule has 0 amide bonds. The Balaban J connectivity index is 1.81. The van der Waals surface area contributed by atoms with Crippen molar-refractivity contribution < 1.29 is 4.74 Å². The maximum absolute atomic E-state index is 5.90. The van der Waals surface area contributed by atoms with E-state index >= 15 is 0 Å². The van der Waals surface area contributed by atoms with Crippen molar-refractivity contribution in [3.8, 4) is 0 Å². The second-order valence-corrected chi connectivity index (χ2v) is 23.7. The van der Waals surface area contributed by atoms with Gasteiger partial charge in [0, 0.05) is 0 Å². The summed E-state index contributed by atoms with van der Waals surface area (Å²) in [4.78, 5) is 0. The molecule has 3 nitrogen and oxygen atoms in total. The summed E-state index contributed by atoms with van der Waals surface area (Å²) in [5.41, 5.74) is 2.14. The van der Waals surface area contributed by atoms with E-state index in [0.717, 1.165) is 30.8 Å². The third-order valence-corrected chi connectivity index (χ3v) is 22.0. The zero-order valence-electron chi connectivity index (χ0n) is 22.5. The molecule has 0 aliphatic carbocycles. The van der Waals surface area contributed by atoms with Crippen molar-refractivity contribution in [2.24, 2.45) is 5.10 Å². The third kappa shape index (κ3) is 11.7. The van der Waals surface area contributed by atoms with Crippen LogP contribution in [0.4, 0.5) is 11.4 Å². The minimum absolute atomic E-state index is 0.751. The van der Waals surface area contributed by atoms with Gasteiger partial charge in [-0.2, -0.15) is 0 Å². The van der Waals surface area contributed by atoms with Gasteiger partial charge < -0.3 is 0 Å². The average molecular weight is 583 g/mol. The van der Waals surface area contributed by atoms with Crippen LogP contribution in [0.3, 0.4) is 0 Å². The fourth-order valence-electron chi connectivity index (χ4n) is 4.59. The van der Waals surface area contributed by atoms with Crippen LogP contribution in [0.1, 0.15) is 72.1 Å². The molecule has 0 spiro atoms. The molecule has 192 valence electrons. The van der Waals surface area contributed by atoms with Crippen molar-refractivity contribution in [1.29, 1.82) is 0 Å². The first kappa shape index (κ1) is 29.5. The van der Waals surface area contributed by atoms with Crippen LogP contribution >= 0.6 is 0 Å². The Morgan fingerprint density at radius 1 is 0.743 bits per heavy atom. The number of hydrogen-bond acceptors (Lipinski definition) is 3. The standard InChI is InChI=1S/C19H21N2O.3C4H9.Sn/c1-2-16-22-17-10-9-15-20-21(18-11-5-3-6-12-18)19-13-7-4-8-14-19;3*1-3-4-2;/h2-8,11-16H,1,9-10,17H2;3*1,3-4H2,2H3;/b16-2-,20-15+;;;;. The van der Waals surface area contributed by atoms with Crippen LogP contribution in [0.2, 0.25) is 17.7 Å². The molecular formula is C31H48N2OSn. The van der Waals surface area contributed by atoms with Crippen LogP contribution in [-0.2, 0) is 4.74 Å². The van der Waals surface area contributed by atoms with E-state index in [-0.39, 0.29) is 0 Å². The van der Waals surface area contributed by atoms with Gasteiger partial charge in [-0.25, -0.2) is 0 Å². The summed E-state index contributed by atoms with van der Waals surface area (Å²) in [7, 11) is 0.